The summed E-state index contributed by atoms with van der Waals surface area (Å²) in [5.41, 5.74) is 2.52. The molecule has 0 spiro atoms. The van der Waals surface area contributed by atoms with Gasteiger partial charge in [-0.15, -0.1) is 0 Å². The van der Waals surface area contributed by atoms with Crippen LogP contribution in [0.5, 0.6) is 0 Å². The number of nitrogens with zero attached hydrogens (tertiary/aromatic N) is 2. The molecule has 3 aromatic rings. The molecule has 0 radical (unpaired) electrons. The standard InChI is InChI=1S/C15H13ClN2O2/c1-3-18-7-8(2)12-13(15(19)20)17-11-6-9(16)4-5-10(11)14(12)18/h4-7H,3H2,1-2H3,(H,19,20). The maximum atomic E-state index is 11.5. The predicted octanol–water partition coefficient (Wildman–Crippen LogP) is 3.87. The molecule has 5 heteroatoms. The van der Waals surface area contributed by atoms with Crippen LogP contribution in [-0.4, -0.2) is 20.6 Å². The fourth-order valence-electron chi connectivity index (χ4n) is 2.66. The number of fused-ring (bicyclic) bond motifs is 3. The van der Waals surface area contributed by atoms with Gasteiger partial charge < -0.3 is 9.67 Å². The summed E-state index contributed by atoms with van der Waals surface area (Å²) in [7, 11) is 0. The largest absolute Gasteiger partial charge is 0.476 e. The van der Waals surface area contributed by atoms with Gasteiger partial charge >= 0.3 is 5.97 Å². The molecule has 0 amide bonds. The Kier molecular flexibility index (Phi) is 2.91. The zero-order valence-corrected chi connectivity index (χ0v) is 11.9. The van der Waals surface area contributed by atoms with Crippen molar-refractivity contribution >= 4 is 39.4 Å². The monoisotopic (exact) mass is 288 g/mol. The van der Waals surface area contributed by atoms with E-state index in [-0.39, 0.29) is 5.69 Å². The summed E-state index contributed by atoms with van der Waals surface area (Å²) in [6.07, 6.45) is 1.97. The van der Waals surface area contributed by atoms with Gasteiger partial charge in [0, 0.05) is 28.5 Å². The van der Waals surface area contributed by atoms with Crippen LogP contribution in [0.25, 0.3) is 21.8 Å². The molecule has 0 fully saturated rings. The van der Waals surface area contributed by atoms with Crippen molar-refractivity contribution in [3.63, 3.8) is 0 Å². The molecule has 1 N–H and O–H groups in total. The third kappa shape index (κ3) is 1.76. The molecule has 0 bridgehead atoms. The topological polar surface area (TPSA) is 55.1 Å². The van der Waals surface area contributed by atoms with Crippen molar-refractivity contribution in [2.75, 3.05) is 0 Å². The second-order valence-electron chi connectivity index (χ2n) is 4.75. The second kappa shape index (κ2) is 4.49. The number of hydrogen-bond acceptors (Lipinski definition) is 2. The molecule has 0 atom stereocenters. The first-order valence-corrected chi connectivity index (χ1v) is 6.72. The fraction of sp³-hybridized carbons (Fsp3) is 0.200. The summed E-state index contributed by atoms with van der Waals surface area (Å²) >= 11 is 5.99. The van der Waals surface area contributed by atoms with Crippen molar-refractivity contribution in [1.82, 2.24) is 9.55 Å². The number of carboxylic acid groups (broad SMARTS) is 1. The van der Waals surface area contributed by atoms with Crippen LogP contribution in [0.1, 0.15) is 23.0 Å². The maximum absolute atomic E-state index is 11.5. The van der Waals surface area contributed by atoms with Crippen LogP contribution < -0.4 is 0 Å². The van der Waals surface area contributed by atoms with Crippen LogP contribution in [0, 0.1) is 6.92 Å². The molecule has 0 aliphatic heterocycles. The van der Waals surface area contributed by atoms with Gasteiger partial charge in [0.2, 0.25) is 0 Å². The number of aromatic carboxylic acids is 1. The van der Waals surface area contributed by atoms with Crippen LogP contribution in [0.3, 0.4) is 0 Å². The number of benzene rings is 1. The number of aromatic nitrogens is 2. The van der Waals surface area contributed by atoms with Gasteiger partial charge in [-0.3, -0.25) is 0 Å². The minimum absolute atomic E-state index is 0.0828. The van der Waals surface area contributed by atoms with Gasteiger partial charge in [0.15, 0.2) is 5.69 Å². The lowest BCUT2D eigenvalue weighted by molar-refractivity contribution is 0.0693. The minimum Gasteiger partial charge on any atom is -0.476 e. The van der Waals surface area contributed by atoms with Crippen molar-refractivity contribution < 1.29 is 9.90 Å². The maximum Gasteiger partial charge on any atom is 0.355 e. The lowest BCUT2D eigenvalue weighted by Crippen LogP contribution is -2.03. The van der Waals surface area contributed by atoms with Crippen molar-refractivity contribution in [2.45, 2.75) is 20.4 Å². The Bertz CT molecular complexity index is 852. The highest BCUT2D eigenvalue weighted by molar-refractivity contribution is 6.31. The molecule has 1 aromatic carbocycles. The molecular weight excluding hydrogens is 276 g/mol. The van der Waals surface area contributed by atoms with Crippen LogP contribution in [0.15, 0.2) is 24.4 Å². The Morgan fingerprint density at radius 1 is 1.45 bits per heavy atom. The highest BCUT2D eigenvalue weighted by Gasteiger charge is 2.19. The second-order valence-corrected chi connectivity index (χ2v) is 5.19. The van der Waals surface area contributed by atoms with E-state index in [4.69, 9.17) is 11.6 Å². The lowest BCUT2D eigenvalue weighted by atomic mass is 10.1. The highest BCUT2D eigenvalue weighted by Crippen LogP contribution is 2.31. The summed E-state index contributed by atoms with van der Waals surface area (Å²) in [4.78, 5) is 15.8. The van der Waals surface area contributed by atoms with E-state index in [1.54, 1.807) is 12.1 Å². The Labute approximate surface area is 120 Å². The number of rotatable bonds is 2. The third-order valence-corrected chi connectivity index (χ3v) is 3.73. The molecule has 3 rings (SSSR count). The van der Waals surface area contributed by atoms with E-state index in [9.17, 15) is 9.90 Å². The van der Waals surface area contributed by atoms with Gasteiger partial charge in [0.1, 0.15) is 0 Å². The van der Waals surface area contributed by atoms with Crippen molar-refractivity contribution in [1.29, 1.82) is 0 Å². The van der Waals surface area contributed by atoms with Crippen LogP contribution in [0.4, 0.5) is 0 Å². The lowest BCUT2D eigenvalue weighted by Gasteiger charge is -2.07. The predicted molar refractivity (Wildman–Crippen MR) is 79.6 cm³/mol. The number of hydrogen-bond donors (Lipinski definition) is 1. The van der Waals surface area contributed by atoms with Crippen molar-refractivity contribution in [2.24, 2.45) is 0 Å². The van der Waals surface area contributed by atoms with Gasteiger partial charge in [-0.1, -0.05) is 11.6 Å². The first-order chi connectivity index (χ1) is 9.52. The van der Waals surface area contributed by atoms with E-state index >= 15 is 0 Å². The Hall–Kier alpha value is -2.07. The molecule has 0 unspecified atom stereocenters. The molecule has 2 heterocycles. The molecule has 0 saturated carbocycles. The quantitative estimate of drug-likeness (QED) is 0.779. The van der Waals surface area contributed by atoms with Gasteiger partial charge in [-0.05, 0) is 37.6 Å². The Morgan fingerprint density at radius 2 is 2.20 bits per heavy atom. The molecule has 4 nitrogen and oxygen atoms in total. The summed E-state index contributed by atoms with van der Waals surface area (Å²) in [5, 5.41) is 11.6. The van der Waals surface area contributed by atoms with Crippen molar-refractivity contribution in [3.05, 3.63) is 40.7 Å². The number of pyridine rings is 1. The first-order valence-electron chi connectivity index (χ1n) is 6.35. The summed E-state index contributed by atoms with van der Waals surface area (Å²) < 4.78 is 2.05. The molecule has 102 valence electrons. The van der Waals surface area contributed by atoms with E-state index in [1.807, 2.05) is 26.1 Å². The van der Waals surface area contributed by atoms with Crippen LogP contribution >= 0.6 is 11.6 Å². The van der Waals surface area contributed by atoms with Crippen molar-refractivity contribution in [3.8, 4) is 0 Å². The van der Waals surface area contributed by atoms with E-state index in [2.05, 4.69) is 9.55 Å². The summed E-state index contributed by atoms with van der Waals surface area (Å²) in [6.45, 7) is 4.71. The van der Waals surface area contributed by atoms with Gasteiger partial charge in [0.05, 0.1) is 11.0 Å². The van der Waals surface area contributed by atoms with E-state index in [0.29, 0.717) is 15.9 Å². The number of halogens is 1. The van der Waals surface area contributed by atoms with Crippen LogP contribution in [0.2, 0.25) is 5.02 Å². The summed E-state index contributed by atoms with van der Waals surface area (Å²) in [5.74, 6) is -1.02. The summed E-state index contributed by atoms with van der Waals surface area (Å²) in [6, 6.07) is 5.39. The molecule has 0 aliphatic rings. The Balaban J connectivity index is 2.60. The van der Waals surface area contributed by atoms with Gasteiger partial charge in [0.25, 0.3) is 0 Å². The minimum atomic E-state index is -1.02. The van der Waals surface area contributed by atoms with Gasteiger partial charge in [-0.25, -0.2) is 9.78 Å². The van der Waals surface area contributed by atoms with E-state index in [0.717, 1.165) is 23.0 Å². The molecule has 20 heavy (non-hydrogen) atoms. The molecule has 0 aliphatic carbocycles. The molecule has 0 saturated heterocycles. The third-order valence-electron chi connectivity index (χ3n) is 3.50. The first kappa shape index (κ1) is 12.9. The average Bonchev–Trinajstić information content (AvgIpc) is 2.74. The smallest absolute Gasteiger partial charge is 0.355 e. The zero-order chi connectivity index (χ0) is 14.4. The number of aryl methyl sites for hydroxylation is 2. The van der Waals surface area contributed by atoms with E-state index in [1.165, 1.54) is 0 Å². The normalized spacial score (nSPS) is 11.3. The zero-order valence-electron chi connectivity index (χ0n) is 11.1. The molecule has 2 aromatic heterocycles. The average molecular weight is 289 g/mol. The molecular formula is C15H13ClN2O2. The van der Waals surface area contributed by atoms with E-state index < -0.39 is 5.97 Å². The van der Waals surface area contributed by atoms with Gasteiger partial charge in [-0.2, -0.15) is 0 Å². The fourth-order valence-corrected chi connectivity index (χ4v) is 2.83. The Morgan fingerprint density at radius 3 is 2.85 bits per heavy atom. The SMILES string of the molecule is CCn1cc(C)c2c(C(=O)O)nc3cc(Cl)ccc3c21. The number of carboxylic acids is 1. The number of carbonyl (C=O) groups is 1. The van der Waals surface area contributed by atoms with Crippen LogP contribution in [-0.2, 0) is 6.54 Å². The highest BCUT2D eigenvalue weighted by atomic mass is 35.5.